The Morgan fingerprint density at radius 2 is 1.08 bits per heavy atom. The van der Waals surface area contributed by atoms with E-state index in [-0.39, 0.29) is 0 Å². The third-order valence-corrected chi connectivity index (χ3v) is 10.9. The van der Waals surface area contributed by atoms with Crippen molar-refractivity contribution in [3.63, 3.8) is 0 Å². The molecule has 228 valence electrons. The number of benzene rings is 7. The van der Waals surface area contributed by atoms with E-state index in [2.05, 4.69) is 127 Å². The maximum absolute atomic E-state index is 6.58. The van der Waals surface area contributed by atoms with E-state index in [4.69, 9.17) is 18.8 Å². The molecule has 0 N–H and O–H groups in total. The largest absolute Gasteiger partial charge is 0.456 e. The number of hydrogen-bond donors (Lipinski definition) is 0. The van der Waals surface area contributed by atoms with Crippen LogP contribution in [0.25, 0.3) is 109 Å². The second kappa shape index (κ2) is 10.1. The summed E-state index contributed by atoms with van der Waals surface area (Å²) < 4.78 is 15.0. The van der Waals surface area contributed by atoms with Gasteiger partial charge in [-0.25, -0.2) is 9.97 Å². The van der Waals surface area contributed by atoms with Gasteiger partial charge in [0.1, 0.15) is 22.3 Å². The van der Waals surface area contributed by atoms with Crippen LogP contribution in [-0.2, 0) is 0 Å². The molecule has 0 aliphatic heterocycles. The Bertz CT molecular complexity index is 3110. The maximum atomic E-state index is 6.58. The van der Waals surface area contributed by atoms with Gasteiger partial charge in [0.15, 0.2) is 5.82 Å². The lowest BCUT2D eigenvalue weighted by Gasteiger charge is -2.10. The third-order valence-electron chi connectivity index (χ3n) is 9.69. The molecule has 0 bridgehead atoms. The number of para-hydroxylation sites is 1. The van der Waals surface area contributed by atoms with Gasteiger partial charge in [0.05, 0.1) is 15.9 Å². The van der Waals surface area contributed by atoms with Crippen molar-refractivity contribution in [1.82, 2.24) is 9.97 Å². The number of aromatic nitrogens is 2. The van der Waals surface area contributed by atoms with E-state index >= 15 is 0 Å². The van der Waals surface area contributed by atoms with Crippen molar-refractivity contribution in [2.75, 3.05) is 0 Å². The number of furan rings is 2. The monoisotopic (exact) mass is 644 g/mol. The molecule has 4 heterocycles. The first-order valence-electron chi connectivity index (χ1n) is 16.3. The van der Waals surface area contributed by atoms with E-state index in [1.54, 1.807) is 11.3 Å². The summed E-state index contributed by atoms with van der Waals surface area (Å²) in [5, 5.41) is 7.52. The second-order valence-electron chi connectivity index (χ2n) is 12.5. The zero-order valence-corrected chi connectivity index (χ0v) is 26.8. The van der Waals surface area contributed by atoms with Crippen molar-refractivity contribution in [3.8, 4) is 33.8 Å². The fourth-order valence-electron chi connectivity index (χ4n) is 7.37. The molecule has 7 aromatic carbocycles. The highest BCUT2D eigenvalue weighted by Crippen LogP contribution is 2.44. The summed E-state index contributed by atoms with van der Waals surface area (Å²) in [5.74, 6) is 0.690. The molecule has 0 unspecified atom stereocenters. The molecule has 5 heteroatoms. The van der Waals surface area contributed by atoms with Gasteiger partial charge in [-0.1, -0.05) is 97.1 Å². The number of hydrogen-bond acceptors (Lipinski definition) is 5. The molecule has 0 aliphatic rings. The van der Waals surface area contributed by atoms with E-state index in [1.807, 2.05) is 18.2 Å². The Kier molecular flexibility index (Phi) is 5.51. The van der Waals surface area contributed by atoms with Gasteiger partial charge >= 0.3 is 0 Å². The Hall–Kier alpha value is -6.30. The molecule has 4 aromatic heterocycles. The van der Waals surface area contributed by atoms with Crippen molar-refractivity contribution in [2.45, 2.75) is 0 Å². The van der Waals surface area contributed by atoms with E-state index in [9.17, 15) is 0 Å². The molecule has 0 atom stereocenters. The first kappa shape index (κ1) is 26.7. The van der Waals surface area contributed by atoms with Crippen LogP contribution in [0.5, 0.6) is 0 Å². The highest BCUT2D eigenvalue weighted by atomic mass is 32.1. The van der Waals surface area contributed by atoms with Crippen molar-refractivity contribution >= 4 is 86.3 Å². The van der Waals surface area contributed by atoms with Gasteiger partial charge in [-0.15, -0.1) is 11.3 Å². The molecule has 0 saturated heterocycles. The van der Waals surface area contributed by atoms with Crippen LogP contribution in [0.4, 0.5) is 0 Å². The van der Waals surface area contributed by atoms with Gasteiger partial charge in [0.25, 0.3) is 0 Å². The summed E-state index contributed by atoms with van der Waals surface area (Å²) in [6.45, 7) is 0. The molecular formula is C44H24N2O2S. The van der Waals surface area contributed by atoms with Crippen LogP contribution in [-0.4, -0.2) is 9.97 Å². The Labute approximate surface area is 283 Å². The molecule has 11 aromatic rings. The van der Waals surface area contributed by atoms with Crippen molar-refractivity contribution in [1.29, 1.82) is 0 Å². The number of thiophene rings is 1. The van der Waals surface area contributed by atoms with Gasteiger partial charge in [0.2, 0.25) is 0 Å². The summed E-state index contributed by atoms with van der Waals surface area (Å²) >= 11 is 1.74. The fraction of sp³-hybridized carbons (Fsp3) is 0. The summed E-state index contributed by atoms with van der Waals surface area (Å²) in [4.78, 5) is 10.8. The lowest BCUT2D eigenvalue weighted by atomic mass is 9.98. The van der Waals surface area contributed by atoms with Crippen LogP contribution in [0, 0.1) is 0 Å². The average Bonchev–Trinajstić information content (AvgIpc) is 3.85. The van der Waals surface area contributed by atoms with Crippen LogP contribution in [0.15, 0.2) is 154 Å². The summed E-state index contributed by atoms with van der Waals surface area (Å²) in [5.41, 5.74) is 9.69. The first-order valence-corrected chi connectivity index (χ1v) is 17.1. The number of fused-ring (bicyclic) bond motifs is 11. The molecule has 0 amide bonds. The van der Waals surface area contributed by atoms with Crippen molar-refractivity contribution in [2.24, 2.45) is 0 Å². The Morgan fingerprint density at radius 3 is 1.96 bits per heavy atom. The molecule has 49 heavy (non-hydrogen) atoms. The molecule has 0 fully saturated rings. The molecule has 0 saturated carbocycles. The van der Waals surface area contributed by atoms with Crippen LogP contribution in [0.3, 0.4) is 0 Å². The zero-order valence-electron chi connectivity index (χ0n) is 26.0. The minimum absolute atomic E-state index is 0.690. The van der Waals surface area contributed by atoms with Gasteiger partial charge in [-0.2, -0.15) is 0 Å². The second-order valence-corrected chi connectivity index (χ2v) is 13.6. The summed E-state index contributed by atoms with van der Waals surface area (Å²) in [6.07, 6.45) is 0. The van der Waals surface area contributed by atoms with Gasteiger partial charge in [-0.3, -0.25) is 0 Å². The van der Waals surface area contributed by atoms with Crippen LogP contribution in [0.1, 0.15) is 0 Å². The first-order chi connectivity index (χ1) is 24.3. The molecule has 0 aliphatic carbocycles. The molecule has 0 spiro atoms. The minimum Gasteiger partial charge on any atom is -0.456 e. The topological polar surface area (TPSA) is 52.1 Å². The smallest absolute Gasteiger partial charge is 0.161 e. The fourth-order valence-corrected chi connectivity index (χ4v) is 8.53. The lowest BCUT2D eigenvalue weighted by Crippen LogP contribution is -1.95. The Balaban J connectivity index is 1.22. The van der Waals surface area contributed by atoms with E-state index in [1.165, 1.54) is 10.3 Å². The molecule has 11 rings (SSSR count). The summed E-state index contributed by atoms with van der Waals surface area (Å²) in [6, 6.07) is 50.7. The van der Waals surface area contributed by atoms with Gasteiger partial charge < -0.3 is 8.83 Å². The van der Waals surface area contributed by atoms with Crippen molar-refractivity contribution in [3.05, 3.63) is 146 Å². The average molecular weight is 645 g/mol. The maximum Gasteiger partial charge on any atom is 0.161 e. The third kappa shape index (κ3) is 3.97. The predicted octanol–water partition coefficient (Wildman–Crippen LogP) is 12.8. The van der Waals surface area contributed by atoms with Gasteiger partial charge in [0, 0.05) is 48.1 Å². The Morgan fingerprint density at radius 1 is 0.429 bits per heavy atom. The normalized spacial score (nSPS) is 12.1. The van der Waals surface area contributed by atoms with Crippen LogP contribution >= 0.6 is 11.3 Å². The lowest BCUT2D eigenvalue weighted by molar-refractivity contribution is 0.669. The minimum atomic E-state index is 0.690. The highest BCUT2D eigenvalue weighted by Gasteiger charge is 2.21. The molecular weight excluding hydrogens is 621 g/mol. The van der Waals surface area contributed by atoms with Crippen LogP contribution < -0.4 is 0 Å². The number of nitrogens with zero attached hydrogens (tertiary/aromatic N) is 2. The van der Waals surface area contributed by atoms with E-state index < -0.39 is 0 Å². The quantitative estimate of drug-likeness (QED) is 0.192. The van der Waals surface area contributed by atoms with Gasteiger partial charge in [-0.05, 0) is 65.0 Å². The standard InChI is InChI=1S/C44H24N2O2S/c1-2-10-25(11-3-1)26-18-20-38-33(22-26)34-24-35(28-12-4-5-14-30(28)42(34)48-38)44-45-40(43-41(46-44)31-15-7-9-17-39(31)49-43)27-19-21-37-32(23-27)29-13-6-8-16-36(29)47-37/h1-24H. The highest BCUT2D eigenvalue weighted by molar-refractivity contribution is 7.26. The number of rotatable bonds is 3. The molecule has 0 radical (unpaired) electrons. The van der Waals surface area contributed by atoms with E-state index in [0.717, 1.165) is 92.6 Å². The van der Waals surface area contributed by atoms with E-state index in [0.29, 0.717) is 5.82 Å². The predicted molar refractivity (Wildman–Crippen MR) is 203 cm³/mol. The van der Waals surface area contributed by atoms with Crippen molar-refractivity contribution < 1.29 is 8.83 Å². The summed E-state index contributed by atoms with van der Waals surface area (Å²) in [7, 11) is 0. The van der Waals surface area contributed by atoms with Crippen LogP contribution in [0.2, 0.25) is 0 Å². The SMILES string of the molecule is c1ccc(-c2ccc3oc4c5ccccc5c(-c5nc(-c6ccc7oc8ccccc8c7c6)c6sc7ccccc7c6n5)cc4c3c2)cc1. The molecule has 4 nitrogen and oxygen atoms in total. The zero-order chi connectivity index (χ0) is 32.1.